The third-order valence-corrected chi connectivity index (χ3v) is 5.61. The van der Waals surface area contributed by atoms with Crippen LogP contribution in [0.5, 0.6) is 0 Å². The van der Waals surface area contributed by atoms with Gasteiger partial charge in [0.25, 0.3) is 0 Å². The minimum atomic E-state index is -0.118. The molecule has 30 heavy (non-hydrogen) atoms. The van der Waals surface area contributed by atoms with Crippen LogP contribution in [0.1, 0.15) is 11.3 Å². The Morgan fingerprint density at radius 2 is 1.70 bits per heavy atom. The molecule has 1 aliphatic heterocycles. The third kappa shape index (κ3) is 5.18. The van der Waals surface area contributed by atoms with E-state index in [-0.39, 0.29) is 18.2 Å². The number of benzene rings is 1. The van der Waals surface area contributed by atoms with E-state index < -0.39 is 0 Å². The van der Waals surface area contributed by atoms with Crippen LogP contribution >= 0.6 is 11.3 Å². The molecule has 2 amide bonds. The number of hydrogen-bond acceptors (Lipinski definition) is 7. The summed E-state index contributed by atoms with van der Waals surface area (Å²) in [5.74, 6) is 0.615. The second-order valence-electron chi connectivity index (χ2n) is 6.95. The molecule has 4 rings (SSSR count). The Labute approximate surface area is 178 Å². The minimum absolute atomic E-state index is 0.0380. The molecule has 8 nitrogen and oxygen atoms in total. The van der Waals surface area contributed by atoms with Gasteiger partial charge in [-0.15, -0.1) is 11.3 Å². The molecule has 0 aliphatic carbocycles. The molecular formula is C21H22N6O2S. The number of hydrogen-bond donors (Lipinski definition) is 1. The largest absolute Gasteiger partial charge is 0.339 e. The Morgan fingerprint density at radius 1 is 0.967 bits per heavy atom. The van der Waals surface area contributed by atoms with Crippen LogP contribution in [0.4, 0.5) is 11.1 Å². The number of carbonyl (C=O) groups excluding carboxylic acids is 2. The first kappa shape index (κ1) is 20.0. The average molecular weight is 423 g/mol. The first-order chi connectivity index (χ1) is 14.7. The number of nitrogens with one attached hydrogen (secondary N) is 1. The first-order valence-corrected chi connectivity index (χ1v) is 10.6. The Balaban J connectivity index is 1.25. The smallest absolute Gasteiger partial charge is 0.230 e. The summed E-state index contributed by atoms with van der Waals surface area (Å²) in [5, 5.41) is 5.15. The van der Waals surface area contributed by atoms with Crippen molar-refractivity contribution in [2.75, 3.05) is 36.4 Å². The van der Waals surface area contributed by atoms with E-state index in [1.54, 1.807) is 18.5 Å². The maximum absolute atomic E-state index is 12.6. The summed E-state index contributed by atoms with van der Waals surface area (Å²) >= 11 is 1.34. The molecule has 3 heterocycles. The second-order valence-corrected chi connectivity index (χ2v) is 7.81. The predicted octanol–water partition coefficient (Wildman–Crippen LogP) is 2.01. The fourth-order valence-corrected chi connectivity index (χ4v) is 3.99. The molecule has 1 aromatic carbocycles. The van der Waals surface area contributed by atoms with E-state index in [2.05, 4.69) is 25.2 Å². The monoisotopic (exact) mass is 422 g/mol. The fraction of sp³-hybridized carbons (Fsp3) is 0.286. The zero-order valence-corrected chi connectivity index (χ0v) is 17.2. The summed E-state index contributed by atoms with van der Waals surface area (Å²) in [6.45, 7) is 2.66. The van der Waals surface area contributed by atoms with Gasteiger partial charge in [-0.05, 0) is 11.6 Å². The lowest BCUT2D eigenvalue weighted by atomic mass is 10.1. The molecule has 9 heteroatoms. The van der Waals surface area contributed by atoms with E-state index in [4.69, 9.17) is 0 Å². The highest BCUT2D eigenvalue weighted by Crippen LogP contribution is 2.18. The third-order valence-electron chi connectivity index (χ3n) is 4.81. The van der Waals surface area contributed by atoms with E-state index in [1.807, 2.05) is 40.6 Å². The van der Waals surface area contributed by atoms with Crippen molar-refractivity contribution in [2.45, 2.75) is 12.8 Å². The van der Waals surface area contributed by atoms with Gasteiger partial charge in [-0.1, -0.05) is 30.3 Å². The highest BCUT2D eigenvalue weighted by atomic mass is 32.1. The van der Waals surface area contributed by atoms with Gasteiger partial charge in [0, 0.05) is 44.0 Å². The quantitative estimate of drug-likeness (QED) is 0.653. The van der Waals surface area contributed by atoms with Crippen molar-refractivity contribution in [2.24, 2.45) is 0 Å². The topological polar surface area (TPSA) is 91.3 Å². The van der Waals surface area contributed by atoms with Crippen molar-refractivity contribution in [3.8, 4) is 0 Å². The molecule has 1 fully saturated rings. The molecule has 0 bridgehead atoms. The van der Waals surface area contributed by atoms with E-state index in [9.17, 15) is 9.59 Å². The van der Waals surface area contributed by atoms with Gasteiger partial charge >= 0.3 is 0 Å². The second kappa shape index (κ2) is 9.45. The van der Waals surface area contributed by atoms with Crippen molar-refractivity contribution in [3.63, 3.8) is 0 Å². The van der Waals surface area contributed by atoms with Gasteiger partial charge < -0.3 is 15.1 Å². The Morgan fingerprint density at radius 3 is 2.43 bits per heavy atom. The molecule has 0 radical (unpaired) electrons. The molecule has 1 N–H and O–H groups in total. The fourth-order valence-electron chi connectivity index (χ4n) is 3.27. The molecule has 1 saturated heterocycles. The van der Waals surface area contributed by atoms with Crippen LogP contribution in [0, 0.1) is 0 Å². The number of nitrogens with zero attached hydrogens (tertiary/aromatic N) is 5. The zero-order chi connectivity index (χ0) is 20.8. The van der Waals surface area contributed by atoms with Crippen LogP contribution in [-0.2, 0) is 22.4 Å². The van der Waals surface area contributed by atoms with Gasteiger partial charge in [-0.3, -0.25) is 9.59 Å². The van der Waals surface area contributed by atoms with Gasteiger partial charge in [-0.2, -0.15) is 0 Å². The van der Waals surface area contributed by atoms with Gasteiger partial charge in [0.05, 0.1) is 18.5 Å². The number of rotatable bonds is 6. The normalized spacial score (nSPS) is 13.9. The van der Waals surface area contributed by atoms with Crippen LogP contribution in [0.3, 0.4) is 0 Å². The lowest BCUT2D eigenvalue weighted by Crippen LogP contribution is -2.49. The molecule has 1 aliphatic rings. The van der Waals surface area contributed by atoms with Crippen molar-refractivity contribution in [3.05, 3.63) is 65.4 Å². The van der Waals surface area contributed by atoms with Gasteiger partial charge in [0.1, 0.15) is 0 Å². The van der Waals surface area contributed by atoms with Crippen molar-refractivity contribution < 1.29 is 9.59 Å². The minimum Gasteiger partial charge on any atom is -0.339 e. The lowest BCUT2D eigenvalue weighted by Gasteiger charge is -2.34. The Kier molecular flexibility index (Phi) is 6.29. The standard InChI is InChI=1S/C21H22N6O2S/c28-18(13-16-5-2-1-3-6-16)25-21-24-17(15-30-21)14-19(29)26-9-11-27(12-10-26)20-22-7-4-8-23-20/h1-8,15H,9-14H2,(H,24,25,28). The molecule has 0 unspecified atom stereocenters. The van der Waals surface area contributed by atoms with Crippen LogP contribution in [0.15, 0.2) is 54.2 Å². The predicted molar refractivity (Wildman–Crippen MR) is 115 cm³/mol. The summed E-state index contributed by atoms with van der Waals surface area (Å²) in [4.78, 5) is 41.6. The van der Waals surface area contributed by atoms with E-state index in [0.29, 0.717) is 49.4 Å². The van der Waals surface area contributed by atoms with Crippen molar-refractivity contribution in [1.82, 2.24) is 19.9 Å². The SMILES string of the molecule is O=C(Cc1ccccc1)Nc1nc(CC(=O)N2CCN(c3ncccn3)CC2)cs1. The lowest BCUT2D eigenvalue weighted by molar-refractivity contribution is -0.130. The summed E-state index contributed by atoms with van der Waals surface area (Å²) < 4.78 is 0. The number of aromatic nitrogens is 3. The summed E-state index contributed by atoms with van der Waals surface area (Å²) in [5.41, 5.74) is 1.62. The molecule has 0 spiro atoms. The van der Waals surface area contributed by atoms with Crippen LogP contribution < -0.4 is 10.2 Å². The number of piperazine rings is 1. The van der Waals surface area contributed by atoms with Crippen LogP contribution in [-0.4, -0.2) is 57.8 Å². The van der Waals surface area contributed by atoms with E-state index in [1.165, 1.54) is 11.3 Å². The number of carbonyl (C=O) groups is 2. The maximum atomic E-state index is 12.6. The van der Waals surface area contributed by atoms with Crippen molar-refractivity contribution >= 4 is 34.2 Å². The molecule has 0 atom stereocenters. The highest BCUT2D eigenvalue weighted by molar-refractivity contribution is 7.13. The van der Waals surface area contributed by atoms with Gasteiger partial charge in [-0.25, -0.2) is 15.0 Å². The maximum Gasteiger partial charge on any atom is 0.230 e. The van der Waals surface area contributed by atoms with E-state index in [0.717, 1.165) is 5.56 Å². The van der Waals surface area contributed by atoms with Gasteiger partial charge in [0.2, 0.25) is 17.8 Å². The molecule has 154 valence electrons. The number of amides is 2. The van der Waals surface area contributed by atoms with E-state index >= 15 is 0 Å². The molecule has 3 aromatic rings. The Bertz CT molecular complexity index is 987. The average Bonchev–Trinajstić information content (AvgIpc) is 3.21. The number of anilines is 2. The first-order valence-electron chi connectivity index (χ1n) is 9.75. The van der Waals surface area contributed by atoms with Crippen LogP contribution in [0.2, 0.25) is 0 Å². The zero-order valence-electron chi connectivity index (χ0n) is 16.4. The number of thiazole rings is 1. The summed E-state index contributed by atoms with van der Waals surface area (Å²) in [7, 11) is 0. The van der Waals surface area contributed by atoms with Gasteiger partial charge in [0.15, 0.2) is 5.13 Å². The summed E-state index contributed by atoms with van der Waals surface area (Å²) in [6.07, 6.45) is 3.97. The molecule has 2 aromatic heterocycles. The molecule has 0 saturated carbocycles. The Hall–Kier alpha value is -3.33. The summed E-state index contributed by atoms with van der Waals surface area (Å²) in [6, 6.07) is 11.3. The van der Waals surface area contributed by atoms with Crippen LogP contribution in [0.25, 0.3) is 0 Å². The highest BCUT2D eigenvalue weighted by Gasteiger charge is 2.23. The molecular weight excluding hydrogens is 400 g/mol. The van der Waals surface area contributed by atoms with Crippen molar-refractivity contribution in [1.29, 1.82) is 0 Å².